The third-order valence-electron chi connectivity index (χ3n) is 3.02. The van der Waals surface area contributed by atoms with Crippen LogP contribution in [0.1, 0.15) is 6.92 Å². The summed E-state index contributed by atoms with van der Waals surface area (Å²) in [5.74, 6) is -0.602. The van der Waals surface area contributed by atoms with Gasteiger partial charge in [-0.15, -0.1) is 0 Å². The summed E-state index contributed by atoms with van der Waals surface area (Å²) < 4.78 is 14.2. The van der Waals surface area contributed by atoms with E-state index in [0.29, 0.717) is 16.4 Å². The van der Waals surface area contributed by atoms with E-state index < -0.39 is 5.82 Å². The lowest BCUT2D eigenvalue weighted by Gasteiger charge is -2.04. The van der Waals surface area contributed by atoms with Crippen LogP contribution in [-0.2, 0) is 4.79 Å². The summed E-state index contributed by atoms with van der Waals surface area (Å²) in [6.07, 6.45) is 0. The molecule has 3 nitrogen and oxygen atoms in total. The summed E-state index contributed by atoms with van der Waals surface area (Å²) in [4.78, 5) is 16.8. The van der Waals surface area contributed by atoms with Gasteiger partial charge in [-0.25, -0.2) is 9.37 Å². The van der Waals surface area contributed by atoms with E-state index in [0.717, 1.165) is 9.10 Å². The highest BCUT2D eigenvalue weighted by Crippen LogP contribution is 2.43. The van der Waals surface area contributed by atoms with Gasteiger partial charge in [-0.05, 0) is 30.3 Å². The molecule has 2 aromatic carbocycles. The molecular weight excluding hydrogens is 367 g/mol. The van der Waals surface area contributed by atoms with Gasteiger partial charge in [0.2, 0.25) is 5.91 Å². The number of benzene rings is 2. The normalized spacial score (nSPS) is 10.6. The van der Waals surface area contributed by atoms with Gasteiger partial charge in [0.1, 0.15) is 5.82 Å². The Labute approximate surface area is 151 Å². The summed E-state index contributed by atoms with van der Waals surface area (Å²) in [7, 11) is 0. The number of hydrogen-bond donors (Lipinski definition) is 1. The first kappa shape index (κ1) is 17.0. The van der Waals surface area contributed by atoms with Gasteiger partial charge in [-0.1, -0.05) is 52.9 Å². The van der Waals surface area contributed by atoms with E-state index in [1.165, 1.54) is 42.2 Å². The molecule has 122 valence electrons. The van der Waals surface area contributed by atoms with Crippen LogP contribution in [-0.4, -0.2) is 10.9 Å². The monoisotopic (exact) mass is 378 g/mol. The fourth-order valence-electron chi connectivity index (χ4n) is 2.03. The maximum Gasteiger partial charge on any atom is 0.223 e. The molecule has 0 saturated carbocycles. The molecular formula is C17H12ClFN2OS2. The maximum atomic E-state index is 13.3. The SMILES string of the molecule is CC(=O)Nc1nc(-c2ccc(F)cc2Cl)c(Sc2ccccc2)s1. The molecule has 1 aromatic heterocycles. The molecule has 1 amide bonds. The maximum absolute atomic E-state index is 13.3. The molecule has 0 aliphatic rings. The van der Waals surface area contributed by atoms with Crippen molar-refractivity contribution < 1.29 is 9.18 Å². The number of carbonyl (C=O) groups is 1. The van der Waals surface area contributed by atoms with Crippen LogP contribution in [0.4, 0.5) is 9.52 Å². The van der Waals surface area contributed by atoms with E-state index in [1.54, 1.807) is 6.07 Å². The summed E-state index contributed by atoms with van der Waals surface area (Å²) in [5, 5.41) is 3.45. The molecule has 3 aromatic rings. The third kappa shape index (κ3) is 3.95. The number of amides is 1. The Hall–Kier alpha value is -1.89. The lowest BCUT2D eigenvalue weighted by Crippen LogP contribution is -2.04. The molecule has 0 atom stereocenters. The molecule has 0 spiro atoms. The van der Waals surface area contributed by atoms with Crippen LogP contribution < -0.4 is 5.32 Å². The molecule has 7 heteroatoms. The van der Waals surface area contributed by atoms with Crippen molar-refractivity contribution in [2.45, 2.75) is 16.0 Å². The lowest BCUT2D eigenvalue weighted by molar-refractivity contribution is -0.114. The van der Waals surface area contributed by atoms with Crippen LogP contribution >= 0.6 is 34.7 Å². The molecule has 0 bridgehead atoms. The van der Waals surface area contributed by atoms with Gasteiger partial charge in [-0.3, -0.25) is 4.79 Å². The molecule has 0 unspecified atom stereocenters. The fourth-order valence-corrected chi connectivity index (χ4v) is 4.49. The van der Waals surface area contributed by atoms with Crippen LogP contribution in [0.5, 0.6) is 0 Å². The van der Waals surface area contributed by atoms with E-state index >= 15 is 0 Å². The lowest BCUT2D eigenvalue weighted by atomic mass is 10.2. The van der Waals surface area contributed by atoms with Crippen LogP contribution in [0.25, 0.3) is 11.3 Å². The Kier molecular flexibility index (Phi) is 5.18. The van der Waals surface area contributed by atoms with Gasteiger partial charge in [-0.2, -0.15) is 0 Å². The predicted octanol–water partition coefficient (Wildman–Crippen LogP) is 5.71. The Bertz CT molecular complexity index is 884. The van der Waals surface area contributed by atoms with E-state index in [2.05, 4.69) is 10.3 Å². The van der Waals surface area contributed by atoms with Gasteiger partial charge >= 0.3 is 0 Å². The van der Waals surface area contributed by atoms with E-state index in [9.17, 15) is 9.18 Å². The Morgan fingerprint density at radius 1 is 1.25 bits per heavy atom. The Morgan fingerprint density at radius 2 is 2.00 bits per heavy atom. The van der Waals surface area contributed by atoms with Gasteiger partial charge in [0.05, 0.1) is 14.9 Å². The van der Waals surface area contributed by atoms with Gasteiger partial charge in [0.15, 0.2) is 5.13 Å². The second kappa shape index (κ2) is 7.34. The van der Waals surface area contributed by atoms with Crippen LogP contribution in [0.15, 0.2) is 57.6 Å². The van der Waals surface area contributed by atoms with Gasteiger partial charge in [0, 0.05) is 17.4 Å². The van der Waals surface area contributed by atoms with Crippen LogP contribution in [0.2, 0.25) is 5.02 Å². The van der Waals surface area contributed by atoms with Crippen molar-refractivity contribution in [2.24, 2.45) is 0 Å². The van der Waals surface area contributed by atoms with E-state index in [1.807, 2.05) is 30.3 Å². The molecule has 3 rings (SSSR count). The van der Waals surface area contributed by atoms with Gasteiger partial charge in [0.25, 0.3) is 0 Å². The summed E-state index contributed by atoms with van der Waals surface area (Å²) in [5.41, 5.74) is 1.26. The fraction of sp³-hybridized carbons (Fsp3) is 0.0588. The highest BCUT2D eigenvalue weighted by atomic mass is 35.5. The van der Waals surface area contributed by atoms with Crippen molar-refractivity contribution in [3.63, 3.8) is 0 Å². The third-order valence-corrected chi connectivity index (χ3v) is 5.48. The number of anilines is 1. The number of nitrogens with one attached hydrogen (secondary N) is 1. The molecule has 0 aliphatic heterocycles. The van der Waals surface area contributed by atoms with Crippen molar-refractivity contribution in [1.82, 2.24) is 4.98 Å². The van der Waals surface area contributed by atoms with Crippen molar-refractivity contribution >= 4 is 45.7 Å². The largest absolute Gasteiger partial charge is 0.302 e. The number of hydrogen-bond acceptors (Lipinski definition) is 4. The number of thiazole rings is 1. The Balaban J connectivity index is 2.05. The van der Waals surface area contributed by atoms with E-state index in [-0.39, 0.29) is 10.9 Å². The molecule has 0 radical (unpaired) electrons. The topological polar surface area (TPSA) is 42.0 Å². The first-order valence-corrected chi connectivity index (χ1v) is 9.01. The molecule has 1 N–H and O–H groups in total. The highest BCUT2D eigenvalue weighted by Gasteiger charge is 2.18. The number of aromatic nitrogens is 1. The molecule has 1 heterocycles. The molecule has 0 saturated heterocycles. The zero-order valence-electron chi connectivity index (χ0n) is 12.5. The quantitative estimate of drug-likeness (QED) is 0.632. The average molecular weight is 379 g/mol. The van der Waals surface area contributed by atoms with Crippen molar-refractivity contribution in [3.8, 4) is 11.3 Å². The first-order valence-electron chi connectivity index (χ1n) is 6.99. The van der Waals surface area contributed by atoms with Crippen molar-refractivity contribution in [2.75, 3.05) is 5.32 Å². The van der Waals surface area contributed by atoms with E-state index in [4.69, 9.17) is 11.6 Å². The summed E-state index contributed by atoms with van der Waals surface area (Å²) in [6.45, 7) is 1.43. The number of rotatable bonds is 4. The first-order chi connectivity index (χ1) is 11.5. The predicted molar refractivity (Wildman–Crippen MR) is 97.4 cm³/mol. The number of nitrogens with zero attached hydrogens (tertiary/aromatic N) is 1. The van der Waals surface area contributed by atoms with Crippen LogP contribution in [0.3, 0.4) is 0 Å². The van der Waals surface area contributed by atoms with Crippen molar-refractivity contribution in [1.29, 1.82) is 0 Å². The Morgan fingerprint density at radius 3 is 2.67 bits per heavy atom. The molecule has 24 heavy (non-hydrogen) atoms. The second-order valence-corrected chi connectivity index (χ2v) is 7.62. The highest BCUT2D eigenvalue weighted by molar-refractivity contribution is 8.01. The minimum atomic E-state index is -0.404. The van der Waals surface area contributed by atoms with Crippen molar-refractivity contribution in [3.05, 3.63) is 59.4 Å². The minimum absolute atomic E-state index is 0.197. The molecule has 0 aliphatic carbocycles. The average Bonchev–Trinajstić information content (AvgIpc) is 2.89. The van der Waals surface area contributed by atoms with Gasteiger partial charge < -0.3 is 5.32 Å². The number of carbonyl (C=O) groups excluding carboxylic acids is 1. The summed E-state index contributed by atoms with van der Waals surface area (Å²) in [6, 6.07) is 14.0. The zero-order chi connectivity index (χ0) is 17.1. The minimum Gasteiger partial charge on any atom is -0.302 e. The standard InChI is InChI=1S/C17H12ClFN2OS2/c1-10(22)20-17-21-15(13-8-7-11(19)9-14(13)18)16(24-17)23-12-5-3-2-4-6-12/h2-9H,1H3,(H,20,21,22). The summed E-state index contributed by atoms with van der Waals surface area (Å²) >= 11 is 9.06. The van der Waals surface area contributed by atoms with Crippen LogP contribution in [0, 0.1) is 5.82 Å². The smallest absolute Gasteiger partial charge is 0.223 e. The molecule has 0 fully saturated rings. The number of halogens is 2. The zero-order valence-corrected chi connectivity index (χ0v) is 14.9. The second-order valence-electron chi connectivity index (χ2n) is 4.88.